The first-order valence-corrected chi connectivity index (χ1v) is 7.02. The Morgan fingerprint density at radius 1 is 1.33 bits per heavy atom. The van der Waals surface area contributed by atoms with Crippen molar-refractivity contribution in [3.05, 3.63) is 29.8 Å². The van der Waals surface area contributed by atoms with Crippen molar-refractivity contribution in [3.63, 3.8) is 0 Å². The fourth-order valence-electron chi connectivity index (χ4n) is 1.65. The molecule has 1 saturated carbocycles. The minimum Gasteiger partial charge on any atom is -0.330 e. The molecule has 0 atom stereocenters. The lowest BCUT2D eigenvalue weighted by Crippen LogP contribution is -2.34. The molecule has 1 fully saturated rings. The monoisotopic (exact) mass is 276 g/mol. The Hall–Kier alpha value is -1.05. The Labute approximate surface area is 104 Å². The van der Waals surface area contributed by atoms with Crippen molar-refractivity contribution in [3.8, 4) is 0 Å². The first-order valence-electron chi connectivity index (χ1n) is 5.53. The van der Waals surface area contributed by atoms with Crippen molar-refractivity contribution < 1.29 is 17.2 Å². The lowest BCUT2D eigenvalue weighted by molar-refractivity contribution is 0.496. The number of hydrogen-bond acceptors (Lipinski definition) is 3. The Morgan fingerprint density at radius 2 is 2.00 bits per heavy atom. The lowest BCUT2D eigenvalue weighted by Gasteiger charge is -2.13. The van der Waals surface area contributed by atoms with Crippen LogP contribution >= 0.6 is 0 Å². The van der Waals surface area contributed by atoms with Gasteiger partial charge >= 0.3 is 0 Å². The van der Waals surface area contributed by atoms with Gasteiger partial charge in [-0.3, -0.25) is 0 Å². The summed E-state index contributed by atoms with van der Waals surface area (Å²) in [5.74, 6) is -1.91. The molecule has 2 rings (SSSR count). The van der Waals surface area contributed by atoms with Crippen molar-refractivity contribution in [2.45, 2.75) is 17.7 Å². The molecule has 3 N–H and O–H groups in total. The minimum absolute atomic E-state index is 0.183. The SMILES string of the molecule is NCC1(CNS(=O)(=O)c2ccc(F)cc2F)CC1. The maximum absolute atomic E-state index is 13.4. The highest BCUT2D eigenvalue weighted by Gasteiger charge is 2.42. The van der Waals surface area contributed by atoms with Gasteiger partial charge in [0, 0.05) is 12.6 Å². The average Bonchev–Trinajstić information content (AvgIpc) is 3.07. The summed E-state index contributed by atoms with van der Waals surface area (Å²) in [6.45, 7) is 0.573. The summed E-state index contributed by atoms with van der Waals surface area (Å²) in [6, 6.07) is 2.37. The average molecular weight is 276 g/mol. The van der Waals surface area contributed by atoms with Gasteiger partial charge < -0.3 is 5.73 Å². The number of rotatable bonds is 5. The van der Waals surface area contributed by atoms with E-state index in [4.69, 9.17) is 5.73 Å². The predicted molar refractivity (Wildman–Crippen MR) is 62.3 cm³/mol. The van der Waals surface area contributed by atoms with Crippen LogP contribution in [0.5, 0.6) is 0 Å². The number of benzene rings is 1. The third-order valence-corrected chi connectivity index (χ3v) is 4.65. The first-order chi connectivity index (χ1) is 8.38. The second-order valence-corrected chi connectivity index (χ2v) is 6.34. The van der Waals surface area contributed by atoms with Gasteiger partial charge in [-0.05, 0) is 36.9 Å². The molecule has 0 unspecified atom stereocenters. The largest absolute Gasteiger partial charge is 0.330 e. The van der Waals surface area contributed by atoms with E-state index >= 15 is 0 Å². The quantitative estimate of drug-likeness (QED) is 0.842. The maximum atomic E-state index is 13.4. The van der Waals surface area contributed by atoms with Crippen LogP contribution in [0.3, 0.4) is 0 Å². The summed E-state index contributed by atoms with van der Waals surface area (Å²) >= 11 is 0. The third kappa shape index (κ3) is 2.68. The Balaban J connectivity index is 2.15. The van der Waals surface area contributed by atoms with E-state index in [9.17, 15) is 17.2 Å². The van der Waals surface area contributed by atoms with Gasteiger partial charge in [-0.1, -0.05) is 0 Å². The molecular formula is C11H14F2N2O2S. The van der Waals surface area contributed by atoms with E-state index in [1.54, 1.807) is 0 Å². The topological polar surface area (TPSA) is 72.2 Å². The zero-order valence-corrected chi connectivity index (χ0v) is 10.4. The summed E-state index contributed by atoms with van der Waals surface area (Å²) in [5.41, 5.74) is 5.34. The highest BCUT2D eigenvalue weighted by molar-refractivity contribution is 7.89. The molecule has 1 aliphatic carbocycles. The molecule has 0 radical (unpaired) electrons. The fraction of sp³-hybridized carbons (Fsp3) is 0.455. The van der Waals surface area contributed by atoms with E-state index in [2.05, 4.69) is 4.72 Å². The molecule has 4 nitrogen and oxygen atoms in total. The van der Waals surface area contributed by atoms with Crippen LogP contribution in [0.4, 0.5) is 8.78 Å². The molecule has 0 saturated heterocycles. The molecule has 0 amide bonds. The summed E-state index contributed by atoms with van der Waals surface area (Å²) in [4.78, 5) is -0.545. The highest BCUT2D eigenvalue weighted by Crippen LogP contribution is 2.43. The molecule has 100 valence electrons. The van der Waals surface area contributed by atoms with E-state index in [-0.39, 0.29) is 12.0 Å². The molecule has 0 aliphatic heterocycles. The molecule has 0 spiro atoms. The van der Waals surface area contributed by atoms with Gasteiger partial charge in [0.15, 0.2) is 0 Å². The van der Waals surface area contributed by atoms with Crippen LogP contribution in [0.25, 0.3) is 0 Å². The second kappa shape index (κ2) is 4.56. The first kappa shape index (κ1) is 13.4. The van der Waals surface area contributed by atoms with Crippen LogP contribution in [0, 0.1) is 17.0 Å². The van der Waals surface area contributed by atoms with Gasteiger partial charge in [-0.2, -0.15) is 0 Å². The molecule has 0 aromatic heterocycles. The molecule has 18 heavy (non-hydrogen) atoms. The lowest BCUT2D eigenvalue weighted by atomic mass is 10.1. The van der Waals surface area contributed by atoms with Gasteiger partial charge in [0.1, 0.15) is 16.5 Å². The van der Waals surface area contributed by atoms with E-state index in [1.165, 1.54) is 0 Å². The normalized spacial score (nSPS) is 17.7. The van der Waals surface area contributed by atoms with Gasteiger partial charge in [0.25, 0.3) is 0 Å². The molecule has 7 heteroatoms. The van der Waals surface area contributed by atoms with Gasteiger partial charge in [-0.25, -0.2) is 21.9 Å². The maximum Gasteiger partial charge on any atom is 0.243 e. The Morgan fingerprint density at radius 3 is 2.50 bits per heavy atom. The summed E-state index contributed by atoms with van der Waals surface area (Å²) in [7, 11) is -3.96. The zero-order chi connectivity index (χ0) is 13.4. The van der Waals surface area contributed by atoms with Crippen LogP contribution in [0.15, 0.2) is 23.1 Å². The van der Waals surface area contributed by atoms with Crippen LogP contribution in [-0.2, 0) is 10.0 Å². The molecule has 0 heterocycles. The van der Waals surface area contributed by atoms with Crippen molar-refractivity contribution in [2.24, 2.45) is 11.1 Å². The van der Waals surface area contributed by atoms with E-state index in [0.29, 0.717) is 12.6 Å². The number of halogens is 2. The molecule has 1 aromatic rings. The zero-order valence-electron chi connectivity index (χ0n) is 9.62. The molecule has 0 bridgehead atoms. The summed E-state index contributed by atoms with van der Waals surface area (Å²) in [5, 5.41) is 0. The molecular weight excluding hydrogens is 262 g/mol. The Kier molecular flexibility index (Phi) is 3.39. The second-order valence-electron chi connectivity index (χ2n) is 4.60. The van der Waals surface area contributed by atoms with Crippen LogP contribution in [0.1, 0.15) is 12.8 Å². The van der Waals surface area contributed by atoms with Crippen molar-refractivity contribution in [1.82, 2.24) is 4.72 Å². The van der Waals surface area contributed by atoms with Gasteiger partial charge in [-0.15, -0.1) is 0 Å². The van der Waals surface area contributed by atoms with E-state index < -0.39 is 26.6 Å². The van der Waals surface area contributed by atoms with E-state index in [0.717, 1.165) is 25.0 Å². The minimum atomic E-state index is -3.96. The number of nitrogens with two attached hydrogens (primary N) is 1. The fourth-order valence-corrected chi connectivity index (χ4v) is 2.86. The molecule has 1 aliphatic rings. The van der Waals surface area contributed by atoms with Crippen molar-refractivity contribution >= 4 is 10.0 Å². The van der Waals surface area contributed by atoms with Crippen molar-refractivity contribution in [2.75, 3.05) is 13.1 Å². The summed E-state index contributed by atoms with van der Waals surface area (Å²) < 4.78 is 52.1. The standard InChI is InChI=1S/C11H14F2N2O2S/c12-8-1-2-10(9(13)5-8)18(16,17)15-7-11(6-14)3-4-11/h1-2,5,15H,3-4,6-7,14H2. The Bertz CT molecular complexity index is 556. The number of sulfonamides is 1. The number of hydrogen-bond donors (Lipinski definition) is 2. The van der Waals surface area contributed by atoms with Gasteiger partial charge in [0.2, 0.25) is 10.0 Å². The highest BCUT2D eigenvalue weighted by atomic mass is 32.2. The predicted octanol–water partition coefficient (Wildman–Crippen LogP) is 0.982. The van der Waals surface area contributed by atoms with Crippen molar-refractivity contribution in [1.29, 1.82) is 0 Å². The smallest absolute Gasteiger partial charge is 0.243 e. The number of nitrogens with one attached hydrogen (secondary N) is 1. The van der Waals surface area contributed by atoms with Crippen LogP contribution in [0.2, 0.25) is 0 Å². The third-order valence-electron chi connectivity index (χ3n) is 3.21. The van der Waals surface area contributed by atoms with E-state index in [1.807, 2.05) is 0 Å². The molecule has 1 aromatic carbocycles. The van der Waals surface area contributed by atoms with Gasteiger partial charge in [0.05, 0.1) is 0 Å². The summed E-state index contributed by atoms with van der Waals surface area (Å²) in [6.07, 6.45) is 1.72. The van der Waals surface area contributed by atoms with Crippen LogP contribution < -0.4 is 10.5 Å². The van der Waals surface area contributed by atoms with Crippen LogP contribution in [-0.4, -0.2) is 21.5 Å².